The molecule has 0 aliphatic rings. The summed E-state index contributed by atoms with van der Waals surface area (Å²) in [7, 11) is 0. The number of carbonyl (C=O) groups is 2. The molecule has 2 aromatic carbocycles. The smallest absolute Gasteiger partial charge is 0.305 e. The fraction of sp³-hybridized carbons (Fsp3) is 0.167. The maximum atomic E-state index is 12.3. The Kier molecular flexibility index (Phi) is 7.19. The standard InChI is InChI=1S/C24H23N5O4S/c1-16-6-5-7-17(14-16)22-26-28-24(34)29(22)13-12-21(30)25-27-23(31)20-11-10-19(33-20)15-32-18-8-3-2-4-9-18/h2-11,14H,12-13,15H2,1H3,(H,25,30)(H,27,31)(H,28,34). The average molecular weight is 478 g/mol. The summed E-state index contributed by atoms with van der Waals surface area (Å²) in [6.45, 7) is 2.46. The molecule has 0 saturated carbocycles. The molecule has 3 N–H and O–H groups in total. The predicted molar refractivity (Wildman–Crippen MR) is 127 cm³/mol. The van der Waals surface area contributed by atoms with E-state index in [1.54, 1.807) is 10.6 Å². The number of furan rings is 1. The number of aromatic nitrogens is 3. The summed E-state index contributed by atoms with van der Waals surface area (Å²) in [6.07, 6.45) is 0.0846. The van der Waals surface area contributed by atoms with Gasteiger partial charge in [0.2, 0.25) is 5.91 Å². The van der Waals surface area contributed by atoms with Crippen molar-refractivity contribution in [3.8, 4) is 17.1 Å². The van der Waals surface area contributed by atoms with E-state index >= 15 is 0 Å². The van der Waals surface area contributed by atoms with E-state index in [2.05, 4.69) is 21.0 Å². The minimum atomic E-state index is -0.570. The number of hydrogen-bond donors (Lipinski definition) is 3. The molecule has 174 valence electrons. The molecule has 34 heavy (non-hydrogen) atoms. The van der Waals surface area contributed by atoms with Crippen LogP contribution in [0.1, 0.15) is 28.3 Å². The van der Waals surface area contributed by atoms with Gasteiger partial charge in [-0.25, -0.2) is 0 Å². The Hall–Kier alpha value is -4.18. The minimum Gasteiger partial charge on any atom is -0.486 e. The van der Waals surface area contributed by atoms with Gasteiger partial charge in [-0.1, -0.05) is 42.0 Å². The van der Waals surface area contributed by atoms with Crippen LogP contribution in [0.15, 0.2) is 71.1 Å². The molecule has 4 aromatic rings. The van der Waals surface area contributed by atoms with E-state index in [1.165, 1.54) is 6.07 Å². The third-order valence-corrected chi connectivity index (χ3v) is 5.23. The first-order valence-electron chi connectivity index (χ1n) is 10.6. The number of aromatic amines is 1. The van der Waals surface area contributed by atoms with Gasteiger partial charge in [-0.3, -0.25) is 30.1 Å². The van der Waals surface area contributed by atoms with Crippen molar-refractivity contribution in [1.29, 1.82) is 0 Å². The van der Waals surface area contributed by atoms with Crippen LogP contribution in [-0.4, -0.2) is 26.6 Å². The minimum absolute atomic E-state index is 0.0609. The Morgan fingerprint density at radius 1 is 1.09 bits per heavy atom. The number of para-hydroxylation sites is 1. The Balaban J connectivity index is 1.27. The third kappa shape index (κ3) is 5.78. The molecule has 0 unspecified atom stereocenters. The number of amides is 2. The molecule has 2 heterocycles. The normalized spacial score (nSPS) is 10.6. The zero-order valence-corrected chi connectivity index (χ0v) is 19.2. The number of rotatable bonds is 8. The van der Waals surface area contributed by atoms with Crippen LogP contribution in [0.5, 0.6) is 5.75 Å². The Bertz CT molecular complexity index is 1340. The van der Waals surface area contributed by atoms with Crippen LogP contribution in [0.2, 0.25) is 0 Å². The van der Waals surface area contributed by atoms with Crippen molar-refractivity contribution < 1.29 is 18.7 Å². The lowest BCUT2D eigenvalue weighted by molar-refractivity contribution is -0.122. The Labute approximate surface area is 200 Å². The highest BCUT2D eigenvalue weighted by Crippen LogP contribution is 2.19. The summed E-state index contributed by atoms with van der Waals surface area (Å²) in [5.41, 5.74) is 6.73. The van der Waals surface area contributed by atoms with Crippen LogP contribution < -0.4 is 15.6 Å². The Morgan fingerprint density at radius 2 is 1.91 bits per heavy atom. The van der Waals surface area contributed by atoms with Crippen LogP contribution >= 0.6 is 12.2 Å². The van der Waals surface area contributed by atoms with Crippen molar-refractivity contribution in [2.75, 3.05) is 0 Å². The van der Waals surface area contributed by atoms with Gasteiger partial charge < -0.3 is 9.15 Å². The fourth-order valence-electron chi connectivity index (χ4n) is 3.24. The largest absolute Gasteiger partial charge is 0.486 e. The molecule has 0 fully saturated rings. The molecule has 0 atom stereocenters. The second-order valence-corrected chi connectivity index (χ2v) is 7.88. The van der Waals surface area contributed by atoms with Gasteiger partial charge in [0.05, 0.1) is 0 Å². The molecule has 0 radical (unpaired) electrons. The highest BCUT2D eigenvalue weighted by molar-refractivity contribution is 7.71. The number of nitrogens with one attached hydrogen (secondary N) is 3. The molecular formula is C24H23N5O4S. The molecule has 2 amide bonds. The topological polar surface area (TPSA) is 114 Å². The van der Waals surface area contributed by atoms with E-state index in [-0.39, 0.29) is 24.7 Å². The summed E-state index contributed by atoms with van der Waals surface area (Å²) >= 11 is 5.30. The predicted octanol–water partition coefficient (Wildman–Crippen LogP) is 3.94. The first-order valence-corrected chi connectivity index (χ1v) is 11.0. The lowest BCUT2D eigenvalue weighted by Crippen LogP contribution is -2.41. The van der Waals surface area contributed by atoms with Crippen molar-refractivity contribution in [2.45, 2.75) is 26.5 Å². The first kappa shape index (κ1) is 23.0. The molecule has 0 saturated heterocycles. The summed E-state index contributed by atoms with van der Waals surface area (Å²) in [5.74, 6) is 0.932. The van der Waals surface area contributed by atoms with E-state index in [9.17, 15) is 9.59 Å². The maximum absolute atomic E-state index is 12.3. The van der Waals surface area contributed by atoms with Crippen molar-refractivity contribution in [3.05, 3.63) is 88.6 Å². The van der Waals surface area contributed by atoms with E-state index in [0.717, 1.165) is 11.1 Å². The van der Waals surface area contributed by atoms with Crippen LogP contribution in [0.4, 0.5) is 0 Å². The molecule has 0 aliphatic heterocycles. The lowest BCUT2D eigenvalue weighted by atomic mass is 10.1. The van der Waals surface area contributed by atoms with Crippen molar-refractivity contribution in [2.24, 2.45) is 0 Å². The molecule has 0 aliphatic carbocycles. The highest BCUT2D eigenvalue weighted by Gasteiger charge is 2.14. The summed E-state index contributed by atoms with van der Waals surface area (Å²) < 4.78 is 13.2. The van der Waals surface area contributed by atoms with Gasteiger partial charge in [0.1, 0.15) is 18.1 Å². The van der Waals surface area contributed by atoms with Gasteiger partial charge in [-0.2, -0.15) is 5.10 Å². The van der Waals surface area contributed by atoms with Crippen molar-refractivity contribution in [1.82, 2.24) is 25.6 Å². The monoisotopic (exact) mass is 477 g/mol. The van der Waals surface area contributed by atoms with E-state index in [0.29, 0.717) is 28.6 Å². The molecule has 4 rings (SSSR count). The number of nitrogens with zero attached hydrogens (tertiary/aromatic N) is 2. The van der Waals surface area contributed by atoms with Crippen LogP contribution in [0.3, 0.4) is 0 Å². The quantitative estimate of drug-likeness (QED) is 0.262. The van der Waals surface area contributed by atoms with E-state index in [1.807, 2.05) is 61.5 Å². The van der Waals surface area contributed by atoms with Crippen LogP contribution in [-0.2, 0) is 17.9 Å². The molecule has 10 heteroatoms. The Morgan fingerprint density at radius 3 is 2.71 bits per heavy atom. The van der Waals surface area contributed by atoms with Gasteiger partial charge >= 0.3 is 5.91 Å². The van der Waals surface area contributed by atoms with Gasteiger partial charge in [0.25, 0.3) is 0 Å². The zero-order valence-electron chi connectivity index (χ0n) is 18.4. The lowest BCUT2D eigenvalue weighted by Gasteiger charge is -2.09. The van der Waals surface area contributed by atoms with E-state index < -0.39 is 5.91 Å². The number of ether oxygens (including phenoxy) is 1. The summed E-state index contributed by atoms with van der Waals surface area (Å²) in [6, 6.07) is 20.3. The molecular weight excluding hydrogens is 454 g/mol. The molecule has 2 aromatic heterocycles. The van der Waals surface area contributed by atoms with Crippen molar-refractivity contribution >= 4 is 24.0 Å². The fourth-order valence-corrected chi connectivity index (χ4v) is 3.47. The third-order valence-electron chi connectivity index (χ3n) is 4.92. The van der Waals surface area contributed by atoms with Crippen LogP contribution in [0, 0.1) is 11.7 Å². The molecule has 9 nitrogen and oxygen atoms in total. The number of hydrazine groups is 1. The highest BCUT2D eigenvalue weighted by atomic mass is 32.1. The average Bonchev–Trinajstić information content (AvgIpc) is 3.47. The van der Waals surface area contributed by atoms with Gasteiger partial charge in [0.15, 0.2) is 16.4 Å². The van der Waals surface area contributed by atoms with Gasteiger partial charge in [0, 0.05) is 18.5 Å². The number of H-pyrrole nitrogens is 1. The number of aryl methyl sites for hydroxylation is 1. The van der Waals surface area contributed by atoms with Crippen LogP contribution in [0.25, 0.3) is 11.4 Å². The van der Waals surface area contributed by atoms with Crippen molar-refractivity contribution in [3.63, 3.8) is 0 Å². The second-order valence-electron chi connectivity index (χ2n) is 7.49. The number of hydrogen-bond acceptors (Lipinski definition) is 6. The summed E-state index contributed by atoms with van der Waals surface area (Å²) in [4.78, 5) is 24.6. The number of benzene rings is 2. The number of carbonyl (C=O) groups excluding carboxylic acids is 2. The molecule has 0 bridgehead atoms. The molecule has 0 spiro atoms. The first-order chi connectivity index (χ1) is 16.5. The van der Waals surface area contributed by atoms with Gasteiger partial charge in [-0.05, 0) is 49.5 Å². The SMILES string of the molecule is Cc1cccc(-c2n[nH]c(=S)n2CCC(=O)NNC(=O)c2ccc(COc3ccccc3)o2)c1. The summed E-state index contributed by atoms with van der Waals surface area (Å²) in [5, 5.41) is 7.04. The van der Waals surface area contributed by atoms with E-state index in [4.69, 9.17) is 21.4 Å². The maximum Gasteiger partial charge on any atom is 0.305 e. The zero-order chi connectivity index (χ0) is 23.9. The van der Waals surface area contributed by atoms with Gasteiger partial charge in [-0.15, -0.1) is 0 Å². The second kappa shape index (κ2) is 10.6.